The van der Waals surface area contributed by atoms with Crippen molar-refractivity contribution in [2.45, 2.75) is 0 Å². The molecule has 0 heterocycles. The van der Waals surface area contributed by atoms with Gasteiger partial charge in [-0.1, -0.05) is 23.7 Å². The zero-order chi connectivity index (χ0) is 16.1. The van der Waals surface area contributed by atoms with Crippen molar-refractivity contribution >= 4 is 51.6 Å². The maximum Gasteiger partial charge on any atom is 0.323 e. The number of benzene rings is 2. The van der Waals surface area contributed by atoms with E-state index in [-0.39, 0.29) is 6.03 Å². The molecule has 0 aliphatic heterocycles. The highest BCUT2D eigenvalue weighted by Gasteiger charge is 2.13. The zero-order valence-electron chi connectivity index (χ0n) is 11.9. The fourth-order valence-corrected chi connectivity index (χ4v) is 2.55. The lowest BCUT2D eigenvalue weighted by Crippen LogP contribution is -2.20. The normalized spacial score (nSPS) is 10.0. The van der Waals surface area contributed by atoms with Crippen LogP contribution >= 0.6 is 34.2 Å². The summed E-state index contributed by atoms with van der Waals surface area (Å²) in [6.07, 6.45) is 0. The molecule has 0 aliphatic rings. The van der Waals surface area contributed by atoms with Crippen LogP contribution in [0.5, 0.6) is 11.5 Å². The van der Waals surface area contributed by atoms with E-state index in [4.69, 9.17) is 21.1 Å². The van der Waals surface area contributed by atoms with Crippen LogP contribution in [0.1, 0.15) is 0 Å². The molecule has 0 saturated carbocycles. The molecule has 2 aromatic carbocycles. The molecule has 22 heavy (non-hydrogen) atoms. The second-order valence-corrected chi connectivity index (χ2v) is 5.82. The first-order chi connectivity index (χ1) is 10.5. The van der Waals surface area contributed by atoms with Crippen LogP contribution in [0.3, 0.4) is 0 Å². The van der Waals surface area contributed by atoms with Gasteiger partial charge in [-0.15, -0.1) is 0 Å². The van der Waals surface area contributed by atoms with Crippen molar-refractivity contribution in [2.75, 3.05) is 24.9 Å². The molecule has 0 fully saturated rings. The average molecular weight is 433 g/mol. The maximum absolute atomic E-state index is 12.1. The van der Waals surface area contributed by atoms with Gasteiger partial charge < -0.3 is 20.1 Å². The van der Waals surface area contributed by atoms with Crippen LogP contribution < -0.4 is 20.1 Å². The highest BCUT2D eigenvalue weighted by atomic mass is 127. The fourth-order valence-electron chi connectivity index (χ4n) is 1.80. The number of carbonyl (C=O) groups is 1. The van der Waals surface area contributed by atoms with Gasteiger partial charge in [0.25, 0.3) is 0 Å². The Bertz CT molecular complexity index is 694. The molecule has 0 spiro atoms. The number of hydrogen-bond acceptors (Lipinski definition) is 3. The quantitative estimate of drug-likeness (QED) is 0.694. The molecule has 0 radical (unpaired) electrons. The highest BCUT2D eigenvalue weighted by Crippen LogP contribution is 2.35. The van der Waals surface area contributed by atoms with Gasteiger partial charge in [0.15, 0.2) is 0 Å². The van der Waals surface area contributed by atoms with E-state index in [1.807, 2.05) is 24.3 Å². The van der Waals surface area contributed by atoms with Gasteiger partial charge in [0.2, 0.25) is 0 Å². The summed E-state index contributed by atoms with van der Waals surface area (Å²) in [5, 5.41) is 5.90. The Morgan fingerprint density at radius 3 is 2.32 bits per heavy atom. The third kappa shape index (κ3) is 3.95. The molecule has 0 saturated heterocycles. The van der Waals surface area contributed by atoms with Crippen LogP contribution in [-0.4, -0.2) is 20.3 Å². The van der Waals surface area contributed by atoms with E-state index < -0.39 is 0 Å². The van der Waals surface area contributed by atoms with Gasteiger partial charge in [-0.3, -0.25) is 0 Å². The first kappa shape index (κ1) is 16.7. The van der Waals surface area contributed by atoms with Crippen LogP contribution in [0.4, 0.5) is 16.2 Å². The van der Waals surface area contributed by atoms with Gasteiger partial charge in [0, 0.05) is 15.7 Å². The van der Waals surface area contributed by atoms with E-state index in [0.717, 1.165) is 9.26 Å². The van der Waals surface area contributed by atoms with Crippen molar-refractivity contribution in [1.29, 1.82) is 0 Å². The number of amides is 2. The Hall–Kier alpha value is -1.67. The van der Waals surface area contributed by atoms with Gasteiger partial charge in [-0.2, -0.15) is 0 Å². The Labute approximate surface area is 147 Å². The molecule has 0 atom stereocenters. The monoisotopic (exact) mass is 432 g/mol. The largest absolute Gasteiger partial charge is 0.495 e. The molecule has 0 unspecified atom stereocenters. The van der Waals surface area contributed by atoms with E-state index in [2.05, 4.69) is 33.2 Å². The summed E-state index contributed by atoms with van der Waals surface area (Å²) in [4.78, 5) is 12.1. The van der Waals surface area contributed by atoms with Crippen molar-refractivity contribution < 1.29 is 14.3 Å². The lowest BCUT2D eigenvalue weighted by Gasteiger charge is -2.14. The summed E-state index contributed by atoms with van der Waals surface area (Å²) in [6.45, 7) is 0. The summed E-state index contributed by atoms with van der Waals surface area (Å²) in [5.74, 6) is 0.899. The number of carbonyl (C=O) groups excluding carboxylic acids is 1. The Morgan fingerprint density at radius 2 is 1.68 bits per heavy atom. The first-order valence-electron chi connectivity index (χ1n) is 6.29. The Morgan fingerprint density at radius 1 is 1.05 bits per heavy atom. The number of para-hydroxylation sites is 1. The molecule has 2 amide bonds. The molecule has 0 aromatic heterocycles. The van der Waals surface area contributed by atoms with Crippen LogP contribution in [-0.2, 0) is 0 Å². The number of rotatable bonds is 4. The minimum absolute atomic E-state index is 0.383. The number of ether oxygens (including phenoxy) is 2. The number of nitrogens with one attached hydrogen (secondary N) is 2. The summed E-state index contributed by atoms with van der Waals surface area (Å²) < 4.78 is 11.3. The standard InChI is InChI=1S/C15H14ClIN2O3/c1-21-13-8-12(14(22-2)7-9(13)16)19-15(20)18-11-6-4-3-5-10(11)17/h3-8H,1-2H3,(H2,18,19,20). The zero-order valence-corrected chi connectivity index (χ0v) is 14.9. The minimum atomic E-state index is -0.383. The number of hydrogen-bond donors (Lipinski definition) is 2. The van der Waals surface area contributed by atoms with Crippen molar-refractivity contribution in [3.63, 3.8) is 0 Å². The number of anilines is 2. The molecule has 2 rings (SSSR count). The topological polar surface area (TPSA) is 59.6 Å². The van der Waals surface area contributed by atoms with Gasteiger partial charge in [-0.05, 0) is 34.7 Å². The summed E-state index contributed by atoms with van der Waals surface area (Å²) >= 11 is 8.18. The van der Waals surface area contributed by atoms with Gasteiger partial charge in [-0.25, -0.2) is 4.79 Å². The molecular formula is C15H14ClIN2O3. The van der Waals surface area contributed by atoms with Crippen LogP contribution in [0, 0.1) is 3.57 Å². The molecule has 0 aliphatic carbocycles. The predicted molar refractivity (Wildman–Crippen MR) is 96.4 cm³/mol. The molecule has 116 valence electrons. The molecule has 5 nitrogen and oxygen atoms in total. The maximum atomic E-state index is 12.1. The van der Waals surface area contributed by atoms with Gasteiger partial charge in [0.05, 0.1) is 30.6 Å². The number of halogens is 2. The van der Waals surface area contributed by atoms with Crippen molar-refractivity contribution in [3.05, 3.63) is 45.0 Å². The van der Waals surface area contributed by atoms with Gasteiger partial charge >= 0.3 is 6.03 Å². The van der Waals surface area contributed by atoms with E-state index in [1.165, 1.54) is 14.2 Å². The fraction of sp³-hybridized carbons (Fsp3) is 0.133. The Kier molecular flexibility index (Phi) is 5.73. The second-order valence-electron chi connectivity index (χ2n) is 4.25. The van der Waals surface area contributed by atoms with Crippen LogP contribution in [0.25, 0.3) is 0 Å². The van der Waals surface area contributed by atoms with E-state index in [1.54, 1.807) is 12.1 Å². The average Bonchev–Trinajstić information content (AvgIpc) is 2.50. The van der Waals surface area contributed by atoms with Crippen LogP contribution in [0.2, 0.25) is 5.02 Å². The predicted octanol–water partition coefficient (Wildman–Crippen LogP) is 4.61. The number of urea groups is 1. The van der Waals surface area contributed by atoms with Crippen molar-refractivity contribution in [3.8, 4) is 11.5 Å². The summed E-state index contributed by atoms with van der Waals surface area (Å²) in [7, 11) is 3.01. The molecular weight excluding hydrogens is 419 g/mol. The molecule has 0 bridgehead atoms. The minimum Gasteiger partial charge on any atom is -0.495 e. The molecule has 7 heteroatoms. The van der Waals surface area contributed by atoms with E-state index >= 15 is 0 Å². The SMILES string of the molecule is COc1cc(NC(=O)Nc2ccccc2I)c(OC)cc1Cl. The van der Waals surface area contributed by atoms with E-state index in [9.17, 15) is 4.79 Å². The molecule has 2 aromatic rings. The first-order valence-corrected chi connectivity index (χ1v) is 7.75. The van der Waals surface area contributed by atoms with Crippen molar-refractivity contribution in [1.82, 2.24) is 0 Å². The lowest BCUT2D eigenvalue weighted by molar-refractivity contribution is 0.262. The highest BCUT2D eigenvalue weighted by molar-refractivity contribution is 14.1. The smallest absolute Gasteiger partial charge is 0.323 e. The Balaban J connectivity index is 2.19. The van der Waals surface area contributed by atoms with Crippen LogP contribution in [0.15, 0.2) is 36.4 Å². The number of methoxy groups -OCH3 is 2. The van der Waals surface area contributed by atoms with Crippen molar-refractivity contribution in [2.24, 2.45) is 0 Å². The van der Waals surface area contributed by atoms with E-state index in [0.29, 0.717) is 22.2 Å². The third-order valence-corrected chi connectivity index (χ3v) is 4.08. The third-order valence-electron chi connectivity index (χ3n) is 2.84. The second kappa shape index (κ2) is 7.55. The van der Waals surface area contributed by atoms with Gasteiger partial charge in [0.1, 0.15) is 11.5 Å². The molecule has 2 N–H and O–H groups in total. The summed E-state index contributed by atoms with van der Waals surface area (Å²) in [5.41, 5.74) is 1.19. The summed E-state index contributed by atoms with van der Waals surface area (Å²) in [6, 6.07) is 10.3. The lowest BCUT2D eigenvalue weighted by atomic mass is 10.2.